The lowest BCUT2D eigenvalue weighted by atomic mass is 9.89. The minimum absolute atomic E-state index is 0.00704. The molecule has 0 aromatic rings. The van der Waals surface area contributed by atoms with Crippen molar-refractivity contribution in [2.24, 2.45) is 11.8 Å². The topological polar surface area (TPSA) is 20.2 Å². The van der Waals surface area contributed by atoms with Crippen LogP contribution in [0.5, 0.6) is 0 Å². The van der Waals surface area contributed by atoms with E-state index in [0.717, 1.165) is 12.3 Å². The zero-order valence-corrected chi connectivity index (χ0v) is 9.13. The van der Waals surface area contributed by atoms with Crippen molar-refractivity contribution in [3.8, 4) is 0 Å². The zero-order chi connectivity index (χ0) is 9.68. The van der Waals surface area contributed by atoms with Gasteiger partial charge in [0.2, 0.25) is 0 Å². The normalized spacial score (nSPS) is 21.2. The van der Waals surface area contributed by atoms with Crippen LogP contribution in [0.2, 0.25) is 0 Å². The van der Waals surface area contributed by atoms with Crippen LogP contribution in [0.4, 0.5) is 0 Å². The van der Waals surface area contributed by atoms with E-state index in [4.69, 9.17) is 0 Å². The van der Waals surface area contributed by atoms with Gasteiger partial charge in [0.25, 0.3) is 0 Å². The first-order valence-corrected chi connectivity index (χ1v) is 5.96. The Kier molecular flexibility index (Phi) is 4.79. The highest BCUT2D eigenvalue weighted by Crippen LogP contribution is 2.31. The number of rotatable bonds is 5. The van der Waals surface area contributed by atoms with Gasteiger partial charge in [-0.05, 0) is 31.1 Å². The molecule has 78 valence electrons. The second kappa shape index (κ2) is 5.64. The summed E-state index contributed by atoms with van der Waals surface area (Å²) in [5, 5.41) is 9.98. The Labute approximate surface area is 82.5 Å². The molecule has 1 N–H and O–H groups in total. The molecule has 1 aliphatic rings. The third-order valence-electron chi connectivity index (χ3n) is 3.67. The van der Waals surface area contributed by atoms with Gasteiger partial charge in [-0.25, -0.2) is 0 Å². The molecule has 1 atom stereocenters. The van der Waals surface area contributed by atoms with Crippen molar-refractivity contribution in [3.05, 3.63) is 0 Å². The molecule has 1 rings (SSSR count). The van der Waals surface area contributed by atoms with Crippen LogP contribution in [0.25, 0.3) is 0 Å². The molecule has 0 amide bonds. The molecule has 1 nitrogen and oxygen atoms in total. The predicted octanol–water partition coefficient (Wildman–Crippen LogP) is 3.36. The molecule has 0 heterocycles. The summed E-state index contributed by atoms with van der Waals surface area (Å²) in [7, 11) is 0. The van der Waals surface area contributed by atoms with Gasteiger partial charge < -0.3 is 5.11 Å². The first-order chi connectivity index (χ1) is 6.27. The lowest BCUT2D eigenvalue weighted by Gasteiger charge is -2.22. The van der Waals surface area contributed by atoms with Crippen LogP contribution in [0, 0.1) is 11.8 Å². The Balaban J connectivity index is 2.25. The summed E-state index contributed by atoms with van der Waals surface area (Å²) in [6, 6.07) is 0. The van der Waals surface area contributed by atoms with Crippen molar-refractivity contribution in [3.63, 3.8) is 0 Å². The summed E-state index contributed by atoms with van der Waals surface area (Å²) in [4.78, 5) is 0. The van der Waals surface area contributed by atoms with Crippen LogP contribution in [-0.4, -0.2) is 11.2 Å². The summed E-state index contributed by atoms with van der Waals surface area (Å²) in [5.74, 6) is 1.37. The molecular formula is C12H24O. The lowest BCUT2D eigenvalue weighted by Crippen LogP contribution is -2.21. The van der Waals surface area contributed by atoms with E-state index >= 15 is 0 Å². The van der Waals surface area contributed by atoms with Crippen molar-refractivity contribution in [2.45, 2.75) is 64.9 Å². The first-order valence-electron chi connectivity index (χ1n) is 5.96. The van der Waals surface area contributed by atoms with Crippen LogP contribution >= 0.6 is 0 Å². The number of aliphatic hydroxyl groups is 1. The van der Waals surface area contributed by atoms with Gasteiger partial charge in [0.05, 0.1) is 6.10 Å². The predicted molar refractivity (Wildman–Crippen MR) is 56.7 cm³/mol. The lowest BCUT2D eigenvalue weighted by molar-refractivity contribution is 0.0826. The highest BCUT2D eigenvalue weighted by atomic mass is 16.3. The van der Waals surface area contributed by atoms with Gasteiger partial charge in [-0.2, -0.15) is 0 Å². The fourth-order valence-electron chi connectivity index (χ4n) is 2.50. The number of hydrogen-bond acceptors (Lipinski definition) is 1. The van der Waals surface area contributed by atoms with Crippen molar-refractivity contribution in [2.75, 3.05) is 0 Å². The Hall–Kier alpha value is -0.0400. The van der Waals surface area contributed by atoms with Gasteiger partial charge in [0, 0.05) is 0 Å². The van der Waals surface area contributed by atoms with Gasteiger partial charge >= 0.3 is 0 Å². The van der Waals surface area contributed by atoms with E-state index in [9.17, 15) is 5.11 Å². The van der Waals surface area contributed by atoms with Crippen molar-refractivity contribution < 1.29 is 5.11 Å². The largest absolute Gasteiger partial charge is 0.393 e. The van der Waals surface area contributed by atoms with E-state index in [0.29, 0.717) is 5.92 Å². The van der Waals surface area contributed by atoms with E-state index in [1.54, 1.807) is 0 Å². The van der Waals surface area contributed by atoms with Crippen LogP contribution in [0.15, 0.2) is 0 Å². The van der Waals surface area contributed by atoms with Crippen LogP contribution in [0.3, 0.4) is 0 Å². The molecule has 1 fully saturated rings. The second-order valence-electron chi connectivity index (χ2n) is 4.53. The van der Waals surface area contributed by atoms with Crippen LogP contribution in [-0.2, 0) is 0 Å². The minimum Gasteiger partial charge on any atom is -0.393 e. The average molecular weight is 184 g/mol. The Morgan fingerprint density at radius 1 is 1.15 bits per heavy atom. The van der Waals surface area contributed by atoms with Crippen molar-refractivity contribution >= 4 is 0 Å². The maximum Gasteiger partial charge on any atom is 0.0571 e. The third-order valence-corrected chi connectivity index (χ3v) is 3.67. The molecule has 0 aliphatic heterocycles. The molecule has 13 heavy (non-hydrogen) atoms. The highest BCUT2D eigenvalue weighted by Gasteiger charge is 2.24. The fourth-order valence-corrected chi connectivity index (χ4v) is 2.50. The molecule has 0 aromatic carbocycles. The maximum absolute atomic E-state index is 9.98. The molecule has 1 unspecified atom stereocenters. The smallest absolute Gasteiger partial charge is 0.0571 e. The van der Waals surface area contributed by atoms with Gasteiger partial charge in [0.15, 0.2) is 0 Å². The van der Waals surface area contributed by atoms with E-state index in [2.05, 4.69) is 13.8 Å². The summed E-state index contributed by atoms with van der Waals surface area (Å²) >= 11 is 0. The molecule has 0 saturated heterocycles. The highest BCUT2D eigenvalue weighted by molar-refractivity contribution is 4.76. The van der Waals surface area contributed by atoms with Crippen molar-refractivity contribution in [1.29, 1.82) is 0 Å². The Morgan fingerprint density at radius 3 is 2.15 bits per heavy atom. The average Bonchev–Trinajstić information content (AvgIpc) is 2.66. The second-order valence-corrected chi connectivity index (χ2v) is 4.53. The third kappa shape index (κ3) is 3.30. The molecule has 1 saturated carbocycles. The summed E-state index contributed by atoms with van der Waals surface area (Å²) in [6.45, 7) is 4.46. The van der Waals surface area contributed by atoms with Gasteiger partial charge in [0.1, 0.15) is 0 Å². The number of hydrogen-bond donors (Lipinski definition) is 1. The van der Waals surface area contributed by atoms with E-state index in [1.165, 1.54) is 38.5 Å². The quantitative estimate of drug-likeness (QED) is 0.694. The minimum atomic E-state index is -0.00704. The molecule has 0 spiro atoms. The molecule has 0 radical (unpaired) electrons. The van der Waals surface area contributed by atoms with Gasteiger partial charge in [-0.15, -0.1) is 0 Å². The first kappa shape index (κ1) is 11.0. The maximum atomic E-state index is 9.98. The van der Waals surface area contributed by atoms with E-state index in [1.807, 2.05) is 0 Å². The summed E-state index contributed by atoms with van der Waals surface area (Å²) in [5.41, 5.74) is 0. The molecule has 1 heteroatoms. The standard InChI is InChI=1S/C12H24O/c1-3-10(4-2)9-12(13)11-7-5-6-8-11/h10-13H,3-9H2,1-2H3. The number of aliphatic hydroxyl groups excluding tert-OH is 1. The zero-order valence-electron chi connectivity index (χ0n) is 9.13. The van der Waals surface area contributed by atoms with Crippen LogP contribution < -0.4 is 0 Å². The van der Waals surface area contributed by atoms with E-state index in [-0.39, 0.29) is 6.10 Å². The Morgan fingerprint density at radius 2 is 1.69 bits per heavy atom. The van der Waals surface area contributed by atoms with Gasteiger partial charge in [-0.1, -0.05) is 39.5 Å². The summed E-state index contributed by atoms with van der Waals surface area (Å²) < 4.78 is 0. The molecule has 0 bridgehead atoms. The Bertz CT molecular complexity index is 123. The van der Waals surface area contributed by atoms with Gasteiger partial charge in [-0.3, -0.25) is 0 Å². The molecule has 0 aromatic heterocycles. The summed E-state index contributed by atoms with van der Waals surface area (Å²) in [6.07, 6.45) is 8.68. The monoisotopic (exact) mass is 184 g/mol. The fraction of sp³-hybridized carbons (Fsp3) is 1.00. The molecular weight excluding hydrogens is 160 g/mol. The molecule has 1 aliphatic carbocycles. The van der Waals surface area contributed by atoms with Crippen LogP contribution in [0.1, 0.15) is 58.8 Å². The SMILES string of the molecule is CCC(CC)CC(O)C1CCCC1. The van der Waals surface area contributed by atoms with Crippen molar-refractivity contribution in [1.82, 2.24) is 0 Å². The van der Waals surface area contributed by atoms with E-state index < -0.39 is 0 Å².